The summed E-state index contributed by atoms with van der Waals surface area (Å²) in [4.78, 5) is 29.3. The topological polar surface area (TPSA) is 100 Å². The number of nitro groups is 1. The van der Waals surface area contributed by atoms with E-state index in [1.807, 2.05) is 30.3 Å². The summed E-state index contributed by atoms with van der Waals surface area (Å²) in [5.41, 5.74) is 0.685. The molecule has 4 rings (SSSR count). The predicted molar refractivity (Wildman–Crippen MR) is 119 cm³/mol. The third-order valence-corrected chi connectivity index (χ3v) is 5.45. The fraction of sp³-hybridized carbons (Fsp3) is 0.217. The zero-order valence-electron chi connectivity index (χ0n) is 17.5. The lowest BCUT2D eigenvalue weighted by atomic mass is 10.0. The van der Waals surface area contributed by atoms with E-state index in [1.54, 1.807) is 4.90 Å². The molecular formula is C23H21F2N5O3. The Bertz CT molecular complexity index is 1180. The highest BCUT2D eigenvalue weighted by molar-refractivity contribution is 5.90. The third kappa shape index (κ3) is 5.05. The molecule has 1 atom stereocenters. The van der Waals surface area contributed by atoms with Crippen LogP contribution < -0.4 is 15.5 Å². The Hall–Kier alpha value is -4.08. The van der Waals surface area contributed by atoms with Crippen LogP contribution in [0.25, 0.3) is 0 Å². The average molecular weight is 453 g/mol. The van der Waals surface area contributed by atoms with Gasteiger partial charge in [-0.25, -0.2) is 18.6 Å². The summed E-state index contributed by atoms with van der Waals surface area (Å²) in [6, 6.07) is 14.0. The molecule has 3 aromatic rings. The van der Waals surface area contributed by atoms with E-state index in [1.165, 1.54) is 12.1 Å². The molecule has 33 heavy (non-hydrogen) atoms. The normalized spacial score (nSPS) is 15.3. The average Bonchev–Trinajstić information content (AvgIpc) is 3.29. The maximum atomic E-state index is 14.4. The summed E-state index contributed by atoms with van der Waals surface area (Å²) in [5, 5.41) is 16.5. The number of nitrogens with one attached hydrogen (secondary N) is 2. The van der Waals surface area contributed by atoms with Crippen LogP contribution in [0.5, 0.6) is 0 Å². The highest BCUT2D eigenvalue weighted by Crippen LogP contribution is 2.38. The minimum atomic E-state index is -0.652. The lowest BCUT2D eigenvalue weighted by molar-refractivity contribution is -0.384. The number of aromatic nitrogens is 1. The zero-order valence-corrected chi connectivity index (χ0v) is 17.5. The highest BCUT2D eigenvalue weighted by atomic mass is 19.1. The van der Waals surface area contributed by atoms with Gasteiger partial charge < -0.3 is 10.2 Å². The second-order valence-electron chi connectivity index (χ2n) is 7.60. The fourth-order valence-electron chi connectivity index (χ4n) is 3.90. The summed E-state index contributed by atoms with van der Waals surface area (Å²) < 4.78 is 28.1. The molecule has 2 aromatic carbocycles. The van der Waals surface area contributed by atoms with Crippen LogP contribution in [0.3, 0.4) is 0 Å². The maximum Gasteiger partial charge on any atom is 0.320 e. The van der Waals surface area contributed by atoms with Crippen LogP contribution in [0.2, 0.25) is 0 Å². The number of nitrogens with zero attached hydrogens (tertiary/aromatic N) is 3. The van der Waals surface area contributed by atoms with Crippen molar-refractivity contribution in [1.82, 2.24) is 10.3 Å². The van der Waals surface area contributed by atoms with Gasteiger partial charge in [0.15, 0.2) is 0 Å². The van der Waals surface area contributed by atoms with E-state index in [2.05, 4.69) is 15.6 Å². The number of hydrogen-bond donors (Lipinski definition) is 2. The number of amides is 2. The first-order valence-electron chi connectivity index (χ1n) is 10.4. The van der Waals surface area contributed by atoms with Crippen molar-refractivity contribution in [3.63, 3.8) is 0 Å². The van der Waals surface area contributed by atoms with Crippen molar-refractivity contribution in [2.45, 2.75) is 25.4 Å². The molecule has 2 heterocycles. The molecule has 1 aromatic heterocycles. The van der Waals surface area contributed by atoms with Gasteiger partial charge in [-0.1, -0.05) is 30.3 Å². The van der Waals surface area contributed by atoms with E-state index in [0.717, 1.165) is 23.8 Å². The van der Waals surface area contributed by atoms with E-state index < -0.39 is 28.6 Å². The molecule has 2 amide bonds. The molecule has 1 aliphatic heterocycles. The Labute approximate surface area is 188 Å². The monoisotopic (exact) mass is 453 g/mol. The Morgan fingerprint density at radius 1 is 1.15 bits per heavy atom. The lowest BCUT2D eigenvalue weighted by Crippen LogP contribution is -2.29. The molecule has 0 spiro atoms. The van der Waals surface area contributed by atoms with Crippen molar-refractivity contribution in [1.29, 1.82) is 0 Å². The second-order valence-corrected chi connectivity index (χ2v) is 7.60. The molecule has 1 fully saturated rings. The molecule has 0 unspecified atom stereocenters. The van der Waals surface area contributed by atoms with E-state index in [0.29, 0.717) is 25.2 Å². The van der Waals surface area contributed by atoms with E-state index in [-0.39, 0.29) is 23.6 Å². The summed E-state index contributed by atoms with van der Waals surface area (Å²) in [7, 11) is 0. The van der Waals surface area contributed by atoms with Crippen molar-refractivity contribution in [3.8, 4) is 0 Å². The van der Waals surface area contributed by atoms with Crippen molar-refractivity contribution in [3.05, 3.63) is 93.5 Å². The molecule has 0 saturated carbocycles. The van der Waals surface area contributed by atoms with Crippen molar-refractivity contribution >= 4 is 23.4 Å². The molecule has 1 saturated heterocycles. The molecule has 0 bridgehead atoms. The van der Waals surface area contributed by atoms with Crippen LogP contribution in [0, 0.1) is 21.7 Å². The smallest absolute Gasteiger partial charge is 0.320 e. The van der Waals surface area contributed by atoms with Gasteiger partial charge in [0.05, 0.1) is 11.0 Å². The highest BCUT2D eigenvalue weighted by Gasteiger charge is 2.31. The first-order valence-corrected chi connectivity index (χ1v) is 10.4. The first-order chi connectivity index (χ1) is 15.9. The van der Waals surface area contributed by atoms with E-state index in [4.69, 9.17) is 0 Å². The Morgan fingerprint density at radius 2 is 1.94 bits per heavy atom. The van der Waals surface area contributed by atoms with Crippen LogP contribution in [0.4, 0.5) is 30.9 Å². The number of urea groups is 1. The van der Waals surface area contributed by atoms with Gasteiger partial charge in [-0.05, 0) is 42.7 Å². The molecule has 0 aliphatic carbocycles. The Morgan fingerprint density at radius 3 is 2.70 bits per heavy atom. The molecule has 2 N–H and O–H groups in total. The van der Waals surface area contributed by atoms with Gasteiger partial charge in [0, 0.05) is 24.7 Å². The molecular weight excluding hydrogens is 432 g/mol. The first kappa shape index (κ1) is 22.1. The van der Waals surface area contributed by atoms with Gasteiger partial charge in [-0.2, -0.15) is 0 Å². The summed E-state index contributed by atoms with van der Waals surface area (Å²) in [5.74, 6) is -0.986. The molecule has 170 valence electrons. The molecule has 0 radical (unpaired) electrons. The maximum absolute atomic E-state index is 14.4. The lowest BCUT2D eigenvalue weighted by Gasteiger charge is -2.26. The number of carbonyl (C=O) groups is 1. The second kappa shape index (κ2) is 9.60. The van der Waals surface area contributed by atoms with Crippen LogP contribution >= 0.6 is 0 Å². The summed E-state index contributed by atoms with van der Waals surface area (Å²) >= 11 is 0. The van der Waals surface area contributed by atoms with Crippen molar-refractivity contribution in [2.24, 2.45) is 0 Å². The molecule has 1 aliphatic rings. The Balaban J connectivity index is 1.57. The van der Waals surface area contributed by atoms with Gasteiger partial charge in [-0.15, -0.1) is 0 Å². The number of pyridine rings is 1. The van der Waals surface area contributed by atoms with Crippen LogP contribution in [-0.4, -0.2) is 22.5 Å². The number of hydrogen-bond acceptors (Lipinski definition) is 5. The van der Waals surface area contributed by atoms with E-state index >= 15 is 0 Å². The van der Waals surface area contributed by atoms with Gasteiger partial charge in [-0.3, -0.25) is 15.4 Å². The number of benzene rings is 2. The van der Waals surface area contributed by atoms with Gasteiger partial charge >= 0.3 is 11.7 Å². The van der Waals surface area contributed by atoms with Crippen LogP contribution in [0.1, 0.15) is 30.0 Å². The molecule has 10 heteroatoms. The minimum absolute atomic E-state index is 0.197. The number of halogens is 2. The largest absolute Gasteiger partial charge is 0.349 e. The zero-order chi connectivity index (χ0) is 23.4. The number of carbonyl (C=O) groups excluding carboxylic acids is 1. The van der Waals surface area contributed by atoms with Gasteiger partial charge in [0.25, 0.3) is 0 Å². The number of anilines is 2. The van der Waals surface area contributed by atoms with Gasteiger partial charge in [0.2, 0.25) is 5.82 Å². The standard InChI is InChI=1S/C23H21F2N5O3/c24-16-8-9-18(25)17(13-16)19-7-4-12-29(19)21-11-10-20(30(32)33)22(27-21)28-23(31)26-14-15-5-2-1-3-6-15/h1-3,5-6,8-11,13,19H,4,7,12,14H2,(H2,26,27,28,31)/t19-/m1/s1. The minimum Gasteiger partial charge on any atom is -0.349 e. The summed E-state index contributed by atoms with van der Waals surface area (Å²) in [6.45, 7) is 0.734. The van der Waals surface area contributed by atoms with Crippen molar-refractivity contribution in [2.75, 3.05) is 16.8 Å². The van der Waals surface area contributed by atoms with E-state index in [9.17, 15) is 23.7 Å². The van der Waals surface area contributed by atoms with Crippen molar-refractivity contribution < 1.29 is 18.5 Å². The van der Waals surface area contributed by atoms with Gasteiger partial charge in [0.1, 0.15) is 17.5 Å². The van der Waals surface area contributed by atoms with Crippen LogP contribution in [0.15, 0.2) is 60.7 Å². The predicted octanol–water partition coefficient (Wildman–Crippen LogP) is 4.93. The third-order valence-electron chi connectivity index (χ3n) is 5.45. The molecule has 8 nitrogen and oxygen atoms in total. The number of rotatable bonds is 6. The van der Waals surface area contributed by atoms with Crippen LogP contribution in [-0.2, 0) is 6.54 Å². The quantitative estimate of drug-likeness (QED) is 0.407. The SMILES string of the molecule is O=C(NCc1ccccc1)Nc1nc(N2CCC[C@@H]2c2cc(F)ccc2F)ccc1[N+](=O)[O-]. The Kier molecular flexibility index (Phi) is 6.43. The summed E-state index contributed by atoms with van der Waals surface area (Å²) in [6.07, 6.45) is 1.28. The fourth-order valence-corrected chi connectivity index (χ4v) is 3.90.